The molecule has 2 aromatic rings. The average molecular weight is 229 g/mol. The van der Waals surface area contributed by atoms with Crippen molar-refractivity contribution in [2.75, 3.05) is 0 Å². The van der Waals surface area contributed by atoms with Crippen LogP contribution in [0, 0.1) is 0 Å². The van der Waals surface area contributed by atoms with Crippen LogP contribution in [0.4, 0.5) is 0 Å². The fourth-order valence-electron chi connectivity index (χ4n) is 1.56. The van der Waals surface area contributed by atoms with Crippen LogP contribution in [0.1, 0.15) is 5.56 Å². The molecule has 0 aliphatic rings. The summed E-state index contributed by atoms with van der Waals surface area (Å²) in [6.07, 6.45) is 1.06. The van der Waals surface area contributed by atoms with Gasteiger partial charge in [0.25, 0.3) is 0 Å². The molecule has 2 N–H and O–H groups in total. The number of carbonyl (C=O) groups is 1. The van der Waals surface area contributed by atoms with E-state index in [1.54, 1.807) is 6.07 Å². The van der Waals surface area contributed by atoms with E-state index >= 15 is 0 Å². The number of aromatic hydroxyl groups is 1. The second-order valence-corrected chi connectivity index (χ2v) is 3.63. The Labute approximate surface area is 98.2 Å². The molecule has 0 aliphatic heterocycles. The Morgan fingerprint density at radius 1 is 1.24 bits per heavy atom. The van der Waals surface area contributed by atoms with Gasteiger partial charge in [-0.15, -0.1) is 0 Å². The summed E-state index contributed by atoms with van der Waals surface area (Å²) in [5.41, 5.74) is 1.91. The maximum atomic E-state index is 10.6. The lowest BCUT2D eigenvalue weighted by Gasteiger charge is -2.05. The van der Waals surface area contributed by atoms with Crippen LogP contribution in [-0.4, -0.2) is 21.2 Å². The van der Waals surface area contributed by atoms with Crippen LogP contribution < -0.4 is 0 Å². The van der Waals surface area contributed by atoms with Gasteiger partial charge in [-0.1, -0.05) is 30.3 Å². The van der Waals surface area contributed by atoms with Crippen molar-refractivity contribution in [2.45, 2.75) is 6.42 Å². The van der Waals surface area contributed by atoms with Crippen molar-refractivity contribution in [3.63, 3.8) is 0 Å². The predicted molar refractivity (Wildman–Crippen MR) is 62.7 cm³/mol. The van der Waals surface area contributed by atoms with E-state index in [0.29, 0.717) is 11.3 Å². The van der Waals surface area contributed by atoms with Crippen LogP contribution >= 0.6 is 0 Å². The smallest absolute Gasteiger partial charge is 0.307 e. The summed E-state index contributed by atoms with van der Waals surface area (Å²) in [4.78, 5) is 14.7. The standard InChI is InChI=1S/C13H11NO3/c15-12-8-14-11(6-10(12)7-13(16)17)9-4-2-1-3-5-9/h1-6,8,15H,7H2,(H,16,17). The molecule has 0 fully saturated rings. The molecule has 1 aromatic heterocycles. The molecule has 0 atom stereocenters. The van der Waals surface area contributed by atoms with E-state index in [2.05, 4.69) is 4.98 Å². The topological polar surface area (TPSA) is 70.4 Å². The van der Waals surface area contributed by atoms with Crippen LogP contribution in [-0.2, 0) is 11.2 Å². The highest BCUT2D eigenvalue weighted by Crippen LogP contribution is 2.23. The fraction of sp³-hybridized carbons (Fsp3) is 0.0769. The van der Waals surface area contributed by atoms with E-state index in [4.69, 9.17) is 5.11 Å². The van der Waals surface area contributed by atoms with Crippen molar-refractivity contribution in [3.8, 4) is 17.0 Å². The number of pyridine rings is 1. The van der Waals surface area contributed by atoms with E-state index in [9.17, 15) is 9.90 Å². The van der Waals surface area contributed by atoms with Crippen molar-refractivity contribution in [3.05, 3.63) is 48.2 Å². The Hall–Kier alpha value is -2.36. The van der Waals surface area contributed by atoms with Gasteiger partial charge in [-0.05, 0) is 6.07 Å². The number of hydrogen-bond donors (Lipinski definition) is 2. The molecule has 0 unspecified atom stereocenters. The van der Waals surface area contributed by atoms with Crippen molar-refractivity contribution in [1.29, 1.82) is 0 Å². The predicted octanol–water partition coefficient (Wildman–Crippen LogP) is 2.08. The maximum Gasteiger partial charge on any atom is 0.307 e. The molecule has 4 heteroatoms. The Balaban J connectivity index is 2.41. The second kappa shape index (κ2) is 4.65. The molecule has 0 spiro atoms. The summed E-state index contributed by atoms with van der Waals surface area (Å²) in [5, 5.41) is 18.2. The molecular formula is C13H11NO3. The van der Waals surface area contributed by atoms with E-state index in [1.807, 2.05) is 30.3 Å². The molecular weight excluding hydrogens is 218 g/mol. The Morgan fingerprint density at radius 3 is 2.59 bits per heavy atom. The van der Waals surface area contributed by atoms with Gasteiger partial charge < -0.3 is 10.2 Å². The quantitative estimate of drug-likeness (QED) is 0.845. The summed E-state index contributed by atoms with van der Waals surface area (Å²) < 4.78 is 0. The fourth-order valence-corrected chi connectivity index (χ4v) is 1.56. The molecule has 0 radical (unpaired) electrons. The third-order valence-corrected chi connectivity index (χ3v) is 2.38. The van der Waals surface area contributed by atoms with Gasteiger partial charge in [0.15, 0.2) is 0 Å². The number of carboxylic acids is 1. The van der Waals surface area contributed by atoms with Crippen molar-refractivity contribution >= 4 is 5.97 Å². The SMILES string of the molecule is O=C(O)Cc1cc(-c2ccccc2)ncc1O. The summed E-state index contributed by atoms with van der Waals surface area (Å²) >= 11 is 0. The minimum absolute atomic E-state index is 0.0907. The van der Waals surface area contributed by atoms with Crippen molar-refractivity contribution in [1.82, 2.24) is 4.98 Å². The minimum Gasteiger partial charge on any atom is -0.506 e. The van der Waals surface area contributed by atoms with Crippen LogP contribution in [0.3, 0.4) is 0 Å². The number of rotatable bonds is 3. The molecule has 1 heterocycles. The largest absolute Gasteiger partial charge is 0.506 e. The number of benzene rings is 1. The van der Waals surface area contributed by atoms with Crippen molar-refractivity contribution < 1.29 is 15.0 Å². The van der Waals surface area contributed by atoms with E-state index < -0.39 is 5.97 Å². The lowest BCUT2D eigenvalue weighted by Crippen LogP contribution is -2.01. The Morgan fingerprint density at radius 2 is 1.94 bits per heavy atom. The molecule has 1 aromatic carbocycles. The first-order valence-electron chi connectivity index (χ1n) is 5.12. The normalized spacial score (nSPS) is 10.1. The first-order chi connectivity index (χ1) is 8.16. The monoisotopic (exact) mass is 229 g/mol. The van der Waals surface area contributed by atoms with Gasteiger partial charge in [-0.3, -0.25) is 9.78 Å². The lowest BCUT2D eigenvalue weighted by molar-refractivity contribution is -0.136. The summed E-state index contributed by atoms with van der Waals surface area (Å²) in [5.74, 6) is -1.07. The zero-order valence-electron chi connectivity index (χ0n) is 9.00. The van der Waals surface area contributed by atoms with E-state index in [-0.39, 0.29) is 12.2 Å². The number of carboxylic acid groups (broad SMARTS) is 1. The van der Waals surface area contributed by atoms with Crippen LogP contribution in [0.5, 0.6) is 5.75 Å². The van der Waals surface area contributed by atoms with E-state index in [1.165, 1.54) is 6.20 Å². The molecule has 2 rings (SSSR count). The van der Waals surface area contributed by atoms with Gasteiger partial charge in [0.05, 0.1) is 18.3 Å². The van der Waals surface area contributed by atoms with Gasteiger partial charge in [-0.2, -0.15) is 0 Å². The van der Waals surface area contributed by atoms with Crippen LogP contribution in [0.15, 0.2) is 42.6 Å². The molecule has 4 nitrogen and oxygen atoms in total. The average Bonchev–Trinajstić information content (AvgIpc) is 2.32. The molecule has 17 heavy (non-hydrogen) atoms. The van der Waals surface area contributed by atoms with Crippen LogP contribution in [0.25, 0.3) is 11.3 Å². The minimum atomic E-state index is -0.981. The summed E-state index contributed by atoms with van der Waals surface area (Å²) in [7, 11) is 0. The maximum absolute atomic E-state index is 10.6. The number of aromatic nitrogens is 1. The number of nitrogens with zero attached hydrogens (tertiary/aromatic N) is 1. The number of hydrogen-bond acceptors (Lipinski definition) is 3. The Kier molecular flexibility index (Phi) is 3.05. The highest BCUT2D eigenvalue weighted by molar-refractivity contribution is 5.72. The zero-order valence-corrected chi connectivity index (χ0v) is 9.00. The first-order valence-corrected chi connectivity index (χ1v) is 5.12. The Bertz CT molecular complexity index is 538. The molecule has 0 amide bonds. The molecule has 0 saturated carbocycles. The van der Waals surface area contributed by atoms with Crippen molar-refractivity contribution in [2.24, 2.45) is 0 Å². The number of aliphatic carboxylic acids is 1. The lowest BCUT2D eigenvalue weighted by atomic mass is 10.1. The van der Waals surface area contributed by atoms with Crippen LogP contribution in [0.2, 0.25) is 0 Å². The van der Waals surface area contributed by atoms with E-state index in [0.717, 1.165) is 5.56 Å². The molecule has 0 saturated heterocycles. The van der Waals surface area contributed by atoms with Gasteiger partial charge in [0, 0.05) is 11.1 Å². The molecule has 0 aliphatic carbocycles. The summed E-state index contributed by atoms with van der Waals surface area (Å²) in [6, 6.07) is 11.0. The zero-order chi connectivity index (χ0) is 12.3. The first kappa shape index (κ1) is 11.1. The highest BCUT2D eigenvalue weighted by atomic mass is 16.4. The summed E-state index contributed by atoms with van der Waals surface area (Å²) in [6.45, 7) is 0. The molecule has 86 valence electrons. The van der Waals surface area contributed by atoms with Gasteiger partial charge in [-0.25, -0.2) is 0 Å². The third-order valence-electron chi connectivity index (χ3n) is 2.38. The second-order valence-electron chi connectivity index (χ2n) is 3.63. The van der Waals surface area contributed by atoms with Gasteiger partial charge >= 0.3 is 5.97 Å². The third kappa shape index (κ3) is 2.60. The highest BCUT2D eigenvalue weighted by Gasteiger charge is 2.09. The van der Waals surface area contributed by atoms with Gasteiger partial charge in [0.1, 0.15) is 5.75 Å². The van der Waals surface area contributed by atoms with Gasteiger partial charge in [0.2, 0.25) is 0 Å². The molecule has 0 bridgehead atoms.